The third kappa shape index (κ3) is 2.20. The second kappa shape index (κ2) is 4.51. The third-order valence-electron chi connectivity index (χ3n) is 3.08. The number of nitrogens with one attached hydrogen (secondary N) is 1. The number of halogens is 3. The predicted molar refractivity (Wildman–Crippen MR) is 75.9 cm³/mol. The van der Waals surface area contributed by atoms with Crippen molar-refractivity contribution in [1.29, 1.82) is 5.41 Å². The molecule has 0 saturated heterocycles. The monoisotopic (exact) mass is 294 g/mol. The first-order valence-corrected chi connectivity index (χ1v) is 6.41. The number of hydrogen-bond donors (Lipinski definition) is 1. The van der Waals surface area contributed by atoms with Crippen LogP contribution in [0, 0.1) is 11.2 Å². The highest BCUT2D eigenvalue weighted by Crippen LogP contribution is 2.32. The summed E-state index contributed by atoms with van der Waals surface area (Å²) in [6.45, 7) is 0.519. The van der Waals surface area contributed by atoms with Crippen LogP contribution in [0.3, 0.4) is 0 Å². The third-order valence-corrected chi connectivity index (χ3v) is 3.52. The van der Waals surface area contributed by atoms with E-state index in [0.29, 0.717) is 22.2 Å². The lowest BCUT2D eigenvalue weighted by molar-refractivity contribution is 0.627. The van der Waals surface area contributed by atoms with Crippen molar-refractivity contribution in [3.63, 3.8) is 0 Å². The standard InChI is InChI=1S/C14H9Cl2FN2/c15-9-3-10(16)5-12(4-9)19-7-8-1-2-11(17)6-13(8)14(19)18/h1-6,18H,7H2. The fourth-order valence-corrected chi connectivity index (χ4v) is 2.73. The van der Waals surface area contributed by atoms with E-state index in [-0.39, 0.29) is 11.7 Å². The van der Waals surface area contributed by atoms with E-state index in [0.717, 1.165) is 11.3 Å². The second-order valence-corrected chi connectivity index (χ2v) is 5.24. The maximum atomic E-state index is 13.2. The molecule has 19 heavy (non-hydrogen) atoms. The molecule has 0 atom stereocenters. The highest BCUT2D eigenvalue weighted by Gasteiger charge is 2.26. The van der Waals surface area contributed by atoms with Crippen LogP contribution in [0.25, 0.3) is 0 Å². The number of fused-ring (bicyclic) bond motifs is 1. The van der Waals surface area contributed by atoms with Crippen LogP contribution < -0.4 is 4.90 Å². The molecule has 2 nitrogen and oxygen atoms in total. The van der Waals surface area contributed by atoms with Crippen molar-refractivity contribution < 1.29 is 4.39 Å². The number of hydrogen-bond acceptors (Lipinski definition) is 1. The Morgan fingerprint density at radius 1 is 1.05 bits per heavy atom. The van der Waals surface area contributed by atoms with Gasteiger partial charge in [-0.15, -0.1) is 0 Å². The van der Waals surface area contributed by atoms with E-state index < -0.39 is 0 Å². The molecular formula is C14H9Cl2FN2. The Labute approximate surface area is 119 Å². The van der Waals surface area contributed by atoms with Gasteiger partial charge in [-0.05, 0) is 35.9 Å². The van der Waals surface area contributed by atoms with Crippen molar-refractivity contribution in [2.75, 3.05) is 4.90 Å². The van der Waals surface area contributed by atoms with Gasteiger partial charge in [0.25, 0.3) is 0 Å². The minimum Gasteiger partial charge on any atom is -0.322 e. The molecule has 0 unspecified atom stereocenters. The summed E-state index contributed by atoms with van der Waals surface area (Å²) in [7, 11) is 0. The lowest BCUT2D eigenvalue weighted by atomic mass is 10.1. The first-order chi connectivity index (χ1) is 9.04. The van der Waals surface area contributed by atoms with E-state index in [1.165, 1.54) is 12.1 Å². The summed E-state index contributed by atoms with van der Waals surface area (Å²) in [6.07, 6.45) is 0. The van der Waals surface area contributed by atoms with Gasteiger partial charge in [0.1, 0.15) is 11.7 Å². The van der Waals surface area contributed by atoms with Gasteiger partial charge in [-0.25, -0.2) is 4.39 Å². The number of amidine groups is 1. The van der Waals surface area contributed by atoms with Gasteiger partial charge in [0.2, 0.25) is 0 Å². The van der Waals surface area contributed by atoms with Crippen LogP contribution in [0.5, 0.6) is 0 Å². The Kier molecular flexibility index (Phi) is 2.96. The molecule has 0 fully saturated rings. The van der Waals surface area contributed by atoms with Crippen LogP contribution >= 0.6 is 23.2 Å². The Hall–Kier alpha value is -1.58. The van der Waals surface area contributed by atoms with Crippen molar-refractivity contribution in [2.24, 2.45) is 0 Å². The van der Waals surface area contributed by atoms with E-state index in [1.54, 1.807) is 29.2 Å². The normalized spacial score (nSPS) is 13.8. The first kappa shape index (κ1) is 12.5. The van der Waals surface area contributed by atoms with Crippen molar-refractivity contribution in [1.82, 2.24) is 0 Å². The van der Waals surface area contributed by atoms with E-state index in [1.807, 2.05) is 0 Å². The minimum atomic E-state index is -0.338. The van der Waals surface area contributed by atoms with Crippen molar-refractivity contribution in [3.05, 3.63) is 63.4 Å². The molecule has 0 spiro atoms. The van der Waals surface area contributed by atoms with Gasteiger partial charge < -0.3 is 4.90 Å². The molecule has 0 bridgehead atoms. The van der Waals surface area contributed by atoms with Crippen LogP contribution in [0.15, 0.2) is 36.4 Å². The smallest absolute Gasteiger partial charge is 0.133 e. The summed E-state index contributed by atoms with van der Waals surface area (Å²) in [6, 6.07) is 9.60. The molecule has 3 rings (SSSR count). The SMILES string of the molecule is N=C1c2cc(F)ccc2CN1c1cc(Cl)cc(Cl)c1. The highest BCUT2D eigenvalue weighted by atomic mass is 35.5. The van der Waals surface area contributed by atoms with E-state index in [2.05, 4.69) is 0 Å². The molecule has 1 aliphatic rings. The van der Waals surface area contributed by atoms with Gasteiger partial charge >= 0.3 is 0 Å². The molecule has 5 heteroatoms. The minimum absolute atomic E-state index is 0.257. The molecule has 1 aliphatic heterocycles. The maximum absolute atomic E-state index is 13.2. The largest absolute Gasteiger partial charge is 0.322 e. The topological polar surface area (TPSA) is 27.1 Å². The zero-order valence-electron chi connectivity index (χ0n) is 9.75. The van der Waals surface area contributed by atoms with Gasteiger partial charge in [-0.3, -0.25) is 5.41 Å². The summed E-state index contributed by atoms with van der Waals surface area (Å²) in [5.41, 5.74) is 2.26. The fourth-order valence-electron chi connectivity index (χ4n) is 2.22. The molecule has 2 aromatic rings. The van der Waals surface area contributed by atoms with E-state index in [4.69, 9.17) is 28.6 Å². The van der Waals surface area contributed by atoms with Gasteiger partial charge in [0, 0.05) is 21.3 Å². The number of nitrogens with zero attached hydrogens (tertiary/aromatic N) is 1. The quantitative estimate of drug-likeness (QED) is 0.825. The number of anilines is 1. The second-order valence-electron chi connectivity index (χ2n) is 4.36. The Morgan fingerprint density at radius 2 is 1.74 bits per heavy atom. The Balaban J connectivity index is 2.04. The molecule has 0 aliphatic carbocycles. The van der Waals surface area contributed by atoms with Gasteiger partial charge in [0.05, 0.1) is 6.54 Å². The highest BCUT2D eigenvalue weighted by molar-refractivity contribution is 6.35. The van der Waals surface area contributed by atoms with Gasteiger partial charge in [-0.1, -0.05) is 29.3 Å². The van der Waals surface area contributed by atoms with Gasteiger partial charge in [0.15, 0.2) is 0 Å². The van der Waals surface area contributed by atoms with Crippen molar-refractivity contribution >= 4 is 34.7 Å². The van der Waals surface area contributed by atoms with E-state index >= 15 is 0 Å². The molecule has 0 saturated carbocycles. The lowest BCUT2D eigenvalue weighted by Gasteiger charge is -2.18. The molecule has 1 N–H and O–H groups in total. The van der Waals surface area contributed by atoms with Gasteiger partial charge in [-0.2, -0.15) is 0 Å². The predicted octanol–water partition coefficient (Wildman–Crippen LogP) is 4.48. The summed E-state index contributed by atoms with van der Waals surface area (Å²) in [5, 5.41) is 9.16. The summed E-state index contributed by atoms with van der Waals surface area (Å²) < 4.78 is 13.2. The van der Waals surface area contributed by atoms with Crippen LogP contribution in [0.2, 0.25) is 10.0 Å². The zero-order chi connectivity index (χ0) is 13.6. The Morgan fingerprint density at radius 3 is 2.42 bits per heavy atom. The Bertz CT molecular complexity index is 665. The summed E-state index contributed by atoms with van der Waals surface area (Å²) >= 11 is 11.9. The van der Waals surface area contributed by atoms with Crippen LogP contribution in [-0.2, 0) is 6.54 Å². The van der Waals surface area contributed by atoms with Crippen molar-refractivity contribution in [3.8, 4) is 0 Å². The maximum Gasteiger partial charge on any atom is 0.133 e. The molecule has 96 valence electrons. The summed E-state index contributed by atoms with van der Waals surface area (Å²) in [4.78, 5) is 1.75. The molecule has 0 amide bonds. The zero-order valence-corrected chi connectivity index (χ0v) is 11.3. The lowest BCUT2D eigenvalue weighted by Crippen LogP contribution is -2.23. The molecule has 0 radical (unpaired) electrons. The molecular weight excluding hydrogens is 286 g/mol. The number of benzene rings is 2. The van der Waals surface area contributed by atoms with Crippen LogP contribution in [0.1, 0.15) is 11.1 Å². The molecule has 2 aromatic carbocycles. The molecule has 1 heterocycles. The number of rotatable bonds is 1. The molecule has 0 aromatic heterocycles. The van der Waals surface area contributed by atoms with Crippen LogP contribution in [0.4, 0.5) is 10.1 Å². The average molecular weight is 295 g/mol. The first-order valence-electron chi connectivity index (χ1n) is 5.65. The fraction of sp³-hybridized carbons (Fsp3) is 0.0714. The summed E-state index contributed by atoms with van der Waals surface area (Å²) in [5.74, 6) is -0.0812. The van der Waals surface area contributed by atoms with Crippen LogP contribution in [-0.4, -0.2) is 5.84 Å². The van der Waals surface area contributed by atoms with Crippen molar-refractivity contribution in [2.45, 2.75) is 6.54 Å². The van der Waals surface area contributed by atoms with E-state index in [9.17, 15) is 4.39 Å². The average Bonchev–Trinajstić information content (AvgIpc) is 2.66.